The molecule has 5 heteroatoms. The highest BCUT2D eigenvalue weighted by atomic mass is 16.5. The number of ether oxygens (including phenoxy) is 2. The molecular formula is C13H17NO4. The molecule has 1 amide bonds. The van der Waals surface area contributed by atoms with Gasteiger partial charge in [0.15, 0.2) is 0 Å². The van der Waals surface area contributed by atoms with Crippen molar-refractivity contribution >= 4 is 17.6 Å². The van der Waals surface area contributed by atoms with Gasteiger partial charge in [-0.25, -0.2) is 0 Å². The van der Waals surface area contributed by atoms with Crippen LogP contribution < -0.4 is 10.1 Å². The van der Waals surface area contributed by atoms with E-state index in [0.717, 1.165) is 0 Å². The largest absolute Gasteiger partial charge is 0.497 e. The molecule has 0 aromatic heterocycles. The second-order valence-electron chi connectivity index (χ2n) is 3.71. The summed E-state index contributed by atoms with van der Waals surface area (Å²) in [6, 6.07) is 6.94. The first-order valence-corrected chi connectivity index (χ1v) is 5.65. The Balaban J connectivity index is 2.76. The first kappa shape index (κ1) is 14.0. The van der Waals surface area contributed by atoms with Crippen molar-refractivity contribution < 1.29 is 19.1 Å². The van der Waals surface area contributed by atoms with Gasteiger partial charge in [0, 0.05) is 11.8 Å². The van der Waals surface area contributed by atoms with Crippen LogP contribution in [0.3, 0.4) is 0 Å². The van der Waals surface area contributed by atoms with Crippen molar-refractivity contribution in [3.05, 3.63) is 24.3 Å². The fraction of sp³-hybridized carbons (Fsp3) is 0.385. The lowest BCUT2D eigenvalue weighted by Gasteiger charge is -2.13. The van der Waals surface area contributed by atoms with Gasteiger partial charge in [0.2, 0.25) is 5.91 Å². The molecule has 0 saturated carbocycles. The highest BCUT2D eigenvalue weighted by Crippen LogP contribution is 2.18. The van der Waals surface area contributed by atoms with Crippen molar-refractivity contribution in [2.45, 2.75) is 13.3 Å². The van der Waals surface area contributed by atoms with E-state index in [4.69, 9.17) is 4.74 Å². The number of carbonyl (C=O) groups is 2. The van der Waals surface area contributed by atoms with Gasteiger partial charge in [0.05, 0.1) is 14.2 Å². The smallest absolute Gasteiger partial charge is 0.318 e. The molecule has 0 spiro atoms. The normalized spacial score (nSPS) is 11.5. The average Bonchev–Trinajstić information content (AvgIpc) is 2.39. The summed E-state index contributed by atoms with van der Waals surface area (Å²) in [7, 11) is 2.81. The van der Waals surface area contributed by atoms with Crippen molar-refractivity contribution in [2.24, 2.45) is 5.92 Å². The number of esters is 1. The van der Waals surface area contributed by atoms with Crippen LogP contribution in [-0.2, 0) is 14.3 Å². The summed E-state index contributed by atoms with van der Waals surface area (Å²) in [5.41, 5.74) is 0.585. The lowest BCUT2D eigenvalue weighted by Crippen LogP contribution is -2.30. The van der Waals surface area contributed by atoms with Crippen LogP contribution in [0.2, 0.25) is 0 Å². The zero-order valence-electron chi connectivity index (χ0n) is 10.7. The van der Waals surface area contributed by atoms with Crippen LogP contribution in [0, 0.1) is 5.92 Å². The quantitative estimate of drug-likeness (QED) is 0.640. The number of rotatable bonds is 5. The molecule has 0 aliphatic heterocycles. The molecule has 1 rings (SSSR count). The van der Waals surface area contributed by atoms with Crippen LogP contribution in [0.15, 0.2) is 24.3 Å². The van der Waals surface area contributed by atoms with Crippen LogP contribution in [0.4, 0.5) is 5.69 Å². The minimum absolute atomic E-state index is 0.377. The SMILES string of the molecule is CCC(C(=O)Nc1cccc(OC)c1)C(=O)OC. The van der Waals surface area contributed by atoms with E-state index in [1.54, 1.807) is 38.3 Å². The fourth-order valence-electron chi connectivity index (χ4n) is 1.53. The zero-order chi connectivity index (χ0) is 13.5. The topological polar surface area (TPSA) is 64.6 Å². The van der Waals surface area contributed by atoms with Gasteiger partial charge in [-0.15, -0.1) is 0 Å². The summed E-state index contributed by atoms with van der Waals surface area (Å²) in [4.78, 5) is 23.3. The minimum Gasteiger partial charge on any atom is -0.497 e. The predicted octanol–water partition coefficient (Wildman–Crippen LogP) is 1.83. The zero-order valence-corrected chi connectivity index (χ0v) is 10.7. The summed E-state index contributed by atoms with van der Waals surface area (Å²) in [6.07, 6.45) is 0.391. The van der Waals surface area contributed by atoms with Crippen LogP contribution in [0.1, 0.15) is 13.3 Å². The van der Waals surface area contributed by atoms with E-state index in [9.17, 15) is 9.59 Å². The second-order valence-corrected chi connectivity index (χ2v) is 3.71. The Morgan fingerprint density at radius 2 is 2.06 bits per heavy atom. The molecule has 0 heterocycles. The van der Waals surface area contributed by atoms with Gasteiger partial charge in [-0.2, -0.15) is 0 Å². The number of methoxy groups -OCH3 is 2. The molecule has 0 bridgehead atoms. The number of hydrogen-bond donors (Lipinski definition) is 1. The van der Waals surface area contributed by atoms with Crippen molar-refractivity contribution in [3.8, 4) is 5.75 Å². The molecule has 1 aromatic carbocycles. The molecule has 1 aromatic rings. The number of nitrogens with one attached hydrogen (secondary N) is 1. The van der Waals surface area contributed by atoms with Crippen molar-refractivity contribution in [2.75, 3.05) is 19.5 Å². The van der Waals surface area contributed by atoms with Gasteiger partial charge in [0.25, 0.3) is 0 Å². The van der Waals surface area contributed by atoms with Gasteiger partial charge in [-0.1, -0.05) is 13.0 Å². The third kappa shape index (κ3) is 3.48. The Labute approximate surface area is 106 Å². The maximum absolute atomic E-state index is 11.9. The number of benzene rings is 1. The molecule has 0 saturated heterocycles. The van der Waals surface area contributed by atoms with Crippen molar-refractivity contribution in [3.63, 3.8) is 0 Å². The third-order valence-electron chi connectivity index (χ3n) is 2.55. The summed E-state index contributed by atoms with van der Waals surface area (Å²) in [5.74, 6) is -1.06. The van der Waals surface area contributed by atoms with Gasteiger partial charge < -0.3 is 14.8 Å². The van der Waals surface area contributed by atoms with E-state index in [1.165, 1.54) is 7.11 Å². The highest BCUT2D eigenvalue weighted by molar-refractivity contribution is 6.04. The van der Waals surface area contributed by atoms with Crippen molar-refractivity contribution in [1.29, 1.82) is 0 Å². The van der Waals surface area contributed by atoms with Gasteiger partial charge >= 0.3 is 5.97 Å². The van der Waals surface area contributed by atoms with E-state index in [0.29, 0.717) is 17.9 Å². The first-order valence-electron chi connectivity index (χ1n) is 5.65. The van der Waals surface area contributed by atoms with E-state index >= 15 is 0 Å². The third-order valence-corrected chi connectivity index (χ3v) is 2.55. The molecule has 1 N–H and O–H groups in total. The molecule has 0 aliphatic rings. The van der Waals surface area contributed by atoms with E-state index in [1.807, 2.05) is 0 Å². The number of amides is 1. The van der Waals surface area contributed by atoms with E-state index < -0.39 is 11.9 Å². The first-order chi connectivity index (χ1) is 8.62. The molecule has 1 atom stereocenters. The lowest BCUT2D eigenvalue weighted by molar-refractivity contribution is -0.148. The summed E-state index contributed by atoms with van der Waals surface area (Å²) < 4.78 is 9.63. The van der Waals surface area contributed by atoms with E-state index in [2.05, 4.69) is 10.1 Å². The Morgan fingerprint density at radius 1 is 1.33 bits per heavy atom. The Morgan fingerprint density at radius 3 is 2.61 bits per heavy atom. The maximum atomic E-state index is 11.9. The molecule has 0 radical (unpaired) electrons. The molecule has 18 heavy (non-hydrogen) atoms. The Bertz CT molecular complexity index is 431. The predicted molar refractivity (Wildman–Crippen MR) is 67.4 cm³/mol. The standard InChI is InChI=1S/C13H17NO4/c1-4-11(13(16)18-3)12(15)14-9-6-5-7-10(8-9)17-2/h5-8,11H,4H2,1-3H3,(H,14,15). The molecule has 1 unspecified atom stereocenters. The Kier molecular flexibility index (Phi) is 5.17. The summed E-state index contributed by atoms with van der Waals surface area (Å²) >= 11 is 0. The van der Waals surface area contributed by atoms with Crippen LogP contribution in [-0.4, -0.2) is 26.1 Å². The summed E-state index contributed by atoms with van der Waals surface area (Å²) in [5, 5.41) is 2.66. The molecule has 5 nitrogen and oxygen atoms in total. The Hall–Kier alpha value is -2.04. The average molecular weight is 251 g/mol. The number of hydrogen-bond acceptors (Lipinski definition) is 4. The second kappa shape index (κ2) is 6.64. The van der Waals surface area contributed by atoms with Gasteiger partial charge in [-0.3, -0.25) is 9.59 Å². The maximum Gasteiger partial charge on any atom is 0.318 e. The van der Waals surface area contributed by atoms with Crippen LogP contribution in [0.5, 0.6) is 5.75 Å². The van der Waals surface area contributed by atoms with E-state index in [-0.39, 0.29) is 5.91 Å². The van der Waals surface area contributed by atoms with Crippen LogP contribution in [0.25, 0.3) is 0 Å². The number of carbonyl (C=O) groups excluding carboxylic acids is 2. The summed E-state index contributed by atoms with van der Waals surface area (Å²) in [6.45, 7) is 1.76. The monoisotopic (exact) mass is 251 g/mol. The minimum atomic E-state index is -0.791. The highest BCUT2D eigenvalue weighted by Gasteiger charge is 2.25. The van der Waals surface area contributed by atoms with Gasteiger partial charge in [0.1, 0.15) is 11.7 Å². The molecule has 0 fully saturated rings. The molecule has 0 aliphatic carbocycles. The van der Waals surface area contributed by atoms with Gasteiger partial charge in [-0.05, 0) is 18.6 Å². The number of anilines is 1. The van der Waals surface area contributed by atoms with Crippen LogP contribution >= 0.6 is 0 Å². The lowest BCUT2D eigenvalue weighted by atomic mass is 10.1. The van der Waals surface area contributed by atoms with Crippen molar-refractivity contribution in [1.82, 2.24) is 0 Å². The molecule has 98 valence electrons. The fourth-order valence-corrected chi connectivity index (χ4v) is 1.53. The molecular weight excluding hydrogens is 234 g/mol.